The molecule has 0 fully saturated rings. The molecular formula is C11H24N2O. The lowest BCUT2D eigenvalue weighted by molar-refractivity contribution is -0.118. The summed E-state index contributed by atoms with van der Waals surface area (Å²) >= 11 is 0. The van der Waals surface area contributed by atoms with Crippen LogP contribution in [0.5, 0.6) is 0 Å². The summed E-state index contributed by atoms with van der Waals surface area (Å²) in [7, 11) is 0. The second-order valence-corrected chi connectivity index (χ2v) is 4.95. The van der Waals surface area contributed by atoms with Crippen LogP contribution in [0, 0.1) is 11.3 Å². The van der Waals surface area contributed by atoms with E-state index in [1.807, 2.05) is 0 Å². The number of rotatable bonds is 5. The van der Waals surface area contributed by atoms with Crippen LogP contribution in [-0.2, 0) is 4.79 Å². The van der Waals surface area contributed by atoms with E-state index in [0.717, 1.165) is 13.1 Å². The lowest BCUT2D eigenvalue weighted by Gasteiger charge is -2.27. The van der Waals surface area contributed by atoms with Gasteiger partial charge in [0, 0.05) is 20.0 Å². The van der Waals surface area contributed by atoms with E-state index in [1.54, 1.807) is 0 Å². The van der Waals surface area contributed by atoms with Crippen LogP contribution in [0.4, 0.5) is 0 Å². The maximum absolute atomic E-state index is 10.6. The summed E-state index contributed by atoms with van der Waals surface area (Å²) < 4.78 is 0. The predicted molar refractivity (Wildman–Crippen MR) is 60.2 cm³/mol. The maximum Gasteiger partial charge on any atom is 0.216 e. The average Bonchev–Trinajstić information content (AvgIpc) is 2.01. The topological polar surface area (TPSA) is 41.1 Å². The molecule has 1 atom stereocenters. The highest BCUT2D eigenvalue weighted by Crippen LogP contribution is 2.24. The Morgan fingerprint density at radius 2 is 1.86 bits per heavy atom. The van der Waals surface area contributed by atoms with Gasteiger partial charge in [0.25, 0.3) is 0 Å². The third-order valence-electron chi connectivity index (χ3n) is 2.60. The molecule has 0 saturated heterocycles. The molecule has 0 aromatic heterocycles. The third-order valence-corrected chi connectivity index (χ3v) is 2.60. The number of carbonyl (C=O) groups is 1. The highest BCUT2D eigenvalue weighted by molar-refractivity contribution is 5.72. The molecule has 0 aliphatic heterocycles. The van der Waals surface area contributed by atoms with Crippen molar-refractivity contribution in [3.05, 3.63) is 0 Å². The van der Waals surface area contributed by atoms with Crippen LogP contribution < -0.4 is 10.6 Å². The molecule has 0 spiro atoms. The van der Waals surface area contributed by atoms with E-state index in [4.69, 9.17) is 0 Å². The van der Waals surface area contributed by atoms with Gasteiger partial charge in [0.15, 0.2) is 0 Å². The van der Waals surface area contributed by atoms with Crippen LogP contribution in [0.1, 0.15) is 34.6 Å². The average molecular weight is 200 g/mol. The Labute approximate surface area is 87.6 Å². The molecule has 2 N–H and O–H groups in total. The van der Waals surface area contributed by atoms with Gasteiger partial charge in [0.05, 0.1) is 0 Å². The van der Waals surface area contributed by atoms with Gasteiger partial charge in [-0.25, -0.2) is 0 Å². The second-order valence-electron chi connectivity index (χ2n) is 4.95. The highest BCUT2D eigenvalue weighted by Gasteiger charge is 2.18. The SMILES string of the molecule is CC(=O)NCCNCC(C)C(C)(C)C. The molecule has 0 aliphatic carbocycles. The van der Waals surface area contributed by atoms with Crippen molar-refractivity contribution in [1.29, 1.82) is 0 Å². The van der Waals surface area contributed by atoms with Gasteiger partial charge in [0.2, 0.25) is 5.91 Å². The Hall–Kier alpha value is -0.570. The Morgan fingerprint density at radius 3 is 2.29 bits per heavy atom. The largest absolute Gasteiger partial charge is 0.355 e. The molecule has 0 bridgehead atoms. The summed E-state index contributed by atoms with van der Waals surface area (Å²) in [6, 6.07) is 0. The smallest absolute Gasteiger partial charge is 0.216 e. The molecule has 0 aromatic rings. The van der Waals surface area contributed by atoms with Crippen molar-refractivity contribution in [3.63, 3.8) is 0 Å². The Kier molecular flexibility index (Phi) is 5.77. The summed E-state index contributed by atoms with van der Waals surface area (Å²) in [5.74, 6) is 0.676. The number of hydrogen-bond donors (Lipinski definition) is 2. The van der Waals surface area contributed by atoms with Crippen LogP contribution in [-0.4, -0.2) is 25.5 Å². The molecule has 0 aliphatic rings. The van der Waals surface area contributed by atoms with E-state index >= 15 is 0 Å². The van der Waals surface area contributed by atoms with Crippen molar-refractivity contribution in [2.24, 2.45) is 11.3 Å². The Balaban J connectivity index is 3.41. The molecule has 0 rings (SSSR count). The van der Waals surface area contributed by atoms with Gasteiger partial charge in [-0.2, -0.15) is 0 Å². The number of hydrogen-bond acceptors (Lipinski definition) is 2. The molecule has 0 saturated carbocycles. The summed E-state index contributed by atoms with van der Waals surface area (Å²) in [4.78, 5) is 10.6. The third kappa shape index (κ3) is 6.89. The van der Waals surface area contributed by atoms with Gasteiger partial charge in [-0.3, -0.25) is 4.79 Å². The zero-order valence-electron chi connectivity index (χ0n) is 10.1. The molecule has 0 aromatic carbocycles. The lowest BCUT2D eigenvalue weighted by atomic mass is 9.82. The van der Waals surface area contributed by atoms with E-state index in [1.165, 1.54) is 6.92 Å². The van der Waals surface area contributed by atoms with Gasteiger partial charge >= 0.3 is 0 Å². The van der Waals surface area contributed by atoms with Crippen LogP contribution in [0.3, 0.4) is 0 Å². The van der Waals surface area contributed by atoms with Gasteiger partial charge in [-0.1, -0.05) is 27.7 Å². The van der Waals surface area contributed by atoms with Crippen LogP contribution in [0.2, 0.25) is 0 Å². The van der Waals surface area contributed by atoms with E-state index in [9.17, 15) is 4.79 Å². The summed E-state index contributed by atoms with van der Waals surface area (Å²) in [5, 5.41) is 6.09. The maximum atomic E-state index is 10.6. The van der Waals surface area contributed by atoms with Crippen LogP contribution in [0.25, 0.3) is 0 Å². The lowest BCUT2D eigenvalue weighted by Crippen LogP contribution is -2.35. The summed E-state index contributed by atoms with van der Waals surface area (Å²) in [6.45, 7) is 13.1. The first kappa shape index (κ1) is 13.4. The molecule has 14 heavy (non-hydrogen) atoms. The zero-order chi connectivity index (χ0) is 11.2. The first-order valence-corrected chi connectivity index (χ1v) is 5.29. The molecule has 3 nitrogen and oxygen atoms in total. The first-order chi connectivity index (χ1) is 6.34. The van der Waals surface area contributed by atoms with Gasteiger partial charge in [0.1, 0.15) is 0 Å². The quantitative estimate of drug-likeness (QED) is 0.659. The molecular weight excluding hydrogens is 176 g/mol. The van der Waals surface area contributed by atoms with E-state index in [2.05, 4.69) is 38.3 Å². The molecule has 84 valence electrons. The van der Waals surface area contributed by atoms with Crippen molar-refractivity contribution in [1.82, 2.24) is 10.6 Å². The van der Waals surface area contributed by atoms with Crippen molar-refractivity contribution in [3.8, 4) is 0 Å². The van der Waals surface area contributed by atoms with Crippen LogP contribution in [0.15, 0.2) is 0 Å². The predicted octanol–water partition coefficient (Wildman–Crippen LogP) is 1.39. The van der Waals surface area contributed by atoms with Crippen LogP contribution >= 0.6 is 0 Å². The number of carbonyl (C=O) groups excluding carboxylic acids is 1. The first-order valence-electron chi connectivity index (χ1n) is 5.29. The van der Waals surface area contributed by atoms with Crippen molar-refractivity contribution >= 4 is 5.91 Å². The monoisotopic (exact) mass is 200 g/mol. The fourth-order valence-electron chi connectivity index (χ4n) is 0.952. The van der Waals surface area contributed by atoms with Crippen molar-refractivity contribution < 1.29 is 4.79 Å². The molecule has 0 heterocycles. The standard InChI is InChI=1S/C11H24N2O/c1-9(11(3,4)5)8-12-6-7-13-10(2)14/h9,12H,6-8H2,1-5H3,(H,13,14). The number of nitrogens with one attached hydrogen (secondary N) is 2. The Morgan fingerprint density at radius 1 is 1.29 bits per heavy atom. The highest BCUT2D eigenvalue weighted by atomic mass is 16.1. The molecule has 0 radical (unpaired) electrons. The van der Waals surface area contributed by atoms with E-state index in [-0.39, 0.29) is 5.91 Å². The fourth-order valence-corrected chi connectivity index (χ4v) is 0.952. The Bertz CT molecular complexity index is 173. The minimum Gasteiger partial charge on any atom is -0.355 e. The summed E-state index contributed by atoms with van der Waals surface area (Å²) in [5.41, 5.74) is 0.348. The molecule has 3 heteroatoms. The van der Waals surface area contributed by atoms with E-state index < -0.39 is 0 Å². The fraction of sp³-hybridized carbons (Fsp3) is 0.909. The second kappa shape index (κ2) is 6.02. The molecule has 1 unspecified atom stereocenters. The minimum absolute atomic E-state index is 0.0377. The van der Waals surface area contributed by atoms with Gasteiger partial charge in [-0.15, -0.1) is 0 Å². The van der Waals surface area contributed by atoms with Crippen molar-refractivity contribution in [2.75, 3.05) is 19.6 Å². The zero-order valence-corrected chi connectivity index (χ0v) is 10.1. The molecule has 1 amide bonds. The normalized spacial score (nSPS) is 13.8. The van der Waals surface area contributed by atoms with Gasteiger partial charge < -0.3 is 10.6 Å². The minimum atomic E-state index is 0.0377. The van der Waals surface area contributed by atoms with Gasteiger partial charge in [-0.05, 0) is 17.9 Å². The number of amides is 1. The summed E-state index contributed by atoms with van der Waals surface area (Å²) in [6.07, 6.45) is 0. The van der Waals surface area contributed by atoms with Crippen molar-refractivity contribution in [2.45, 2.75) is 34.6 Å². The van der Waals surface area contributed by atoms with E-state index in [0.29, 0.717) is 17.9 Å².